The number of hydrogen-bond acceptors (Lipinski definition) is 5. The second-order valence-electron chi connectivity index (χ2n) is 7.49. The molecular weight excluding hydrogens is 426 g/mol. The predicted octanol–water partition coefficient (Wildman–Crippen LogP) is 4.90. The van der Waals surface area contributed by atoms with Gasteiger partial charge in [-0.1, -0.05) is 29.8 Å². The molecule has 8 heteroatoms. The van der Waals surface area contributed by atoms with Crippen molar-refractivity contribution in [3.8, 4) is 5.75 Å². The van der Waals surface area contributed by atoms with Gasteiger partial charge in [0, 0.05) is 43.1 Å². The van der Waals surface area contributed by atoms with E-state index in [1.54, 1.807) is 17.1 Å². The molecule has 0 heterocycles. The summed E-state index contributed by atoms with van der Waals surface area (Å²) < 4.78 is 6.04. The minimum atomic E-state index is -0.303. The van der Waals surface area contributed by atoms with Crippen molar-refractivity contribution in [2.75, 3.05) is 39.6 Å². The van der Waals surface area contributed by atoms with E-state index in [9.17, 15) is 4.79 Å². The van der Waals surface area contributed by atoms with Crippen LogP contribution in [0.1, 0.15) is 24.5 Å². The third-order valence-electron chi connectivity index (χ3n) is 4.72. The predicted molar refractivity (Wildman–Crippen MR) is 133 cm³/mol. The first-order chi connectivity index (χ1) is 15.3. The zero-order chi connectivity index (χ0) is 23.5. The van der Waals surface area contributed by atoms with Crippen LogP contribution in [0, 0.1) is 0 Å². The molecule has 0 bridgehead atoms. The highest BCUT2D eigenvalue weighted by molar-refractivity contribution is 6.30. The quantitative estimate of drug-likeness (QED) is 0.286. The van der Waals surface area contributed by atoms with Gasteiger partial charge in [-0.05, 0) is 63.3 Å². The average Bonchev–Trinajstić information content (AvgIpc) is 2.77. The molecule has 0 fully saturated rings. The van der Waals surface area contributed by atoms with Crippen LogP contribution in [0.2, 0.25) is 5.02 Å². The van der Waals surface area contributed by atoms with Gasteiger partial charge in [0.05, 0.1) is 12.3 Å². The van der Waals surface area contributed by atoms with Crippen LogP contribution in [0.3, 0.4) is 0 Å². The Kier molecular flexibility index (Phi) is 10.0. The lowest BCUT2D eigenvalue weighted by atomic mass is 10.1. The highest BCUT2D eigenvalue weighted by atomic mass is 35.5. The average molecular weight is 458 g/mol. The van der Waals surface area contributed by atoms with E-state index in [0.29, 0.717) is 23.9 Å². The zero-order valence-corrected chi connectivity index (χ0v) is 19.9. The van der Waals surface area contributed by atoms with E-state index < -0.39 is 0 Å². The maximum atomic E-state index is 12.4. The summed E-state index contributed by atoms with van der Waals surface area (Å²) >= 11 is 5.90. The Morgan fingerprint density at radius 2 is 1.91 bits per heavy atom. The number of amides is 2. The van der Waals surface area contributed by atoms with E-state index in [4.69, 9.17) is 16.3 Å². The summed E-state index contributed by atoms with van der Waals surface area (Å²) in [6.07, 6.45) is 2.83. The first-order valence-corrected chi connectivity index (χ1v) is 10.8. The SMILES string of the molecule is C=NN(C)/C(=C\C)c1cc(NC(=O)NCc2ccc(Cl)cc2)ccc1OCCCN(C)C. The van der Waals surface area contributed by atoms with Gasteiger partial charge in [-0.25, -0.2) is 4.79 Å². The number of allylic oxidation sites excluding steroid dienone is 1. The number of carbonyl (C=O) groups excluding carboxylic acids is 1. The van der Waals surface area contributed by atoms with E-state index in [-0.39, 0.29) is 6.03 Å². The Bertz CT molecular complexity index is 928. The topological polar surface area (TPSA) is 69.2 Å². The number of carbonyl (C=O) groups is 1. The van der Waals surface area contributed by atoms with Crippen molar-refractivity contribution in [2.45, 2.75) is 19.9 Å². The Morgan fingerprint density at radius 3 is 2.53 bits per heavy atom. The molecule has 0 aliphatic carbocycles. The molecule has 172 valence electrons. The summed E-state index contributed by atoms with van der Waals surface area (Å²) in [4.78, 5) is 14.5. The Morgan fingerprint density at radius 1 is 1.19 bits per heavy atom. The molecule has 0 aromatic heterocycles. The molecule has 7 nitrogen and oxygen atoms in total. The van der Waals surface area contributed by atoms with E-state index >= 15 is 0 Å². The third-order valence-corrected chi connectivity index (χ3v) is 4.97. The van der Waals surface area contributed by atoms with E-state index in [1.165, 1.54) is 0 Å². The molecule has 0 saturated carbocycles. The van der Waals surface area contributed by atoms with Crippen molar-refractivity contribution in [1.82, 2.24) is 15.2 Å². The fraction of sp³-hybridized carbons (Fsp3) is 0.333. The number of urea groups is 1. The van der Waals surface area contributed by atoms with Crippen molar-refractivity contribution in [1.29, 1.82) is 0 Å². The first-order valence-electron chi connectivity index (χ1n) is 10.4. The second-order valence-corrected chi connectivity index (χ2v) is 7.93. The van der Waals surface area contributed by atoms with Crippen LogP contribution < -0.4 is 15.4 Å². The maximum absolute atomic E-state index is 12.4. The third kappa shape index (κ3) is 7.90. The number of halogens is 1. The fourth-order valence-electron chi connectivity index (χ4n) is 3.05. The van der Waals surface area contributed by atoms with Gasteiger partial charge in [0.2, 0.25) is 0 Å². The van der Waals surface area contributed by atoms with Crippen LogP contribution in [0.4, 0.5) is 10.5 Å². The molecular formula is C24H32ClN5O2. The van der Waals surface area contributed by atoms with Crippen molar-refractivity contribution < 1.29 is 9.53 Å². The van der Waals surface area contributed by atoms with Crippen molar-refractivity contribution >= 4 is 35.7 Å². The Balaban J connectivity index is 2.12. The lowest BCUT2D eigenvalue weighted by Gasteiger charge is -2.21. The minimum Gasteiger partial charge on any atom is -0.493 e. The smallest absolute Gasteiger partial charge is 0.319 e. The Labute approximate surface area is 195 Å². The standard InChI is InChI=1S/C24H32ClN5O2/c1-6-22(30(5)26-2)21-16-20(12-13-23(21)32-15-7-14-29(3)4)28-24(31)27-17-18-8-10-19(25)11-9-18/h6,8-13,16H,2,7,14-15,17H2,1,3-5H3,(H2,27,28,31)/b22-6-. The summed E-state index contributed by atoms with van der Waals surface area (Å²) in [5, 5.41) is 12.1. The van der Waals surface area contributed by atoms with Crippen LogP contribution in [0.5, 0.6) is 5.75 Å². The van der Waals surface area contributed by atoms with Gasteiger partial charge in [-0.2, -0.15) is 5.10 Å². The van der Waals surface area contributed by atoms with Gasteiger partial charge in [-0.15, -0.1) is 0 Å². The maximum Gasteiger partial charge on any atom is 0.319 e. The molecule has 0 atom stereocenters. The summed E-state index contributed by atoms with van der Waals surface area (Å²) in [6, 6.07) is 12.6. The van der Waals surface area contributed by atoms with Gasteiger partial charge in [0.1, 0.15) is 5.75 Å². The molecule has 2 amide bonds. The summed E-state index contributed by atoms with van der Waals surface area (Å²) in [5.41, 5.74) is 3.25. The first kappa shape index (κ1) is 25.2. The molecule has 0 spiro atoms. The van der Waals surface area contributed by atoms with Crippen LogP contribution in [-0.4, -0.2) is 57.0 Å². The number of benzene rings is 2. The lowest BCUT2D eigenvalue weighted by molar-refractivity contribution is 0.251. The van der Waals surface area contributed by atoms with Crippen LogP contribution >= 0.6 is 11.6 Å². The number of anilines is 1. The molecule has 0 saturated heterocycles. The van der Waals surface area contributed by atoms with Gasteiger partial charge in [0.15, 0.2) is 0 Å². The van der Waals surface area contributed by atoms with Gasteiger partial charge < -0.3 is 20.3 Å². The number of hydrogen-bond donors (Lipinski definition) is 2. The van der Waals surface area contributed by atoms with Gasteiger partial charge in [0.25, 0.3) is 0 Å². The number of rotatable bonds is 11. The van der Waals surface area contributed by atoms with Crippen molar-refractivity contribution in [2.24, 2.45) is 5.10 Å². The molecule has 2 aromatic carbocycles. The lowest BCUT2D eigenvalue weighted by Crippen LogP contribution is -2.28. The van der Waals surface area contributed by atoms with Gasteiger partial charge in [-0.3, -0.25) is 5.01 Å². The molecule has 0 unspecified atom stereocenters. The number of nitrogens with zero attached hydrogens (tertiary/aromatic N) is 3. The van der Waals surface area contributed by atoms with E-state index in [1.807, 2.05) is 64.5 Å². The summed E-state index contributed by atoms with van der Waals surface area (Å²) in [6.45, 7) is 7.45. The number of hydrazone groups is 1. The molecule has 32 heavy (non-hydrogen) atoms. The molecule has 2 N–H and O–H groups in total. The normalized spacial score (nSPS) is 11.2. The number of nitrogens with one attached hydrogen (secondary N) is 2. The molecule has 0 aliphatic rings. The minimum absolute atomic E-state index is 0.303. The molecule has 0 aliphatic heterocycles. The van der Waals surface area contributed by atoms with Crippen LogP contribution in [0.25, 0.3) is 5.70 Å². The Hall–Kier alpha value is -3.03. The molecule has 2 rings (SSSR count). The molecule has 2 aromatic rings. The largest absolute Gasteiger partial charge is 0.493 e. The zero-order valence-electron chi connectivity index (χ0n) is 19.2. The second kappa shape index (κ2) is 12.7. The fourth-order valence-corrected chi connectivity index (χ4v) is 3.18. The monoisotopic (exact) mass is 457 g/mol. The van der Waals surface area contributed by atoms with Gasteiger partial charge >= 0.3 is 6.03 Å². The van der Waals surface area contributed by atoms with E-state index in [2.05, 4.69) is 27.4 Å². The number of ether oxygens (including phenoxy) is 1. The highest BCUT2D eigenvalue weighted by Gasteiger charge is 2.14. The van der Waals surface area contributed by atoms with Crippen LogP contribution in [-0.2, 0) is 6.54 Å². The van der Waals surface area contributed by atoms with Crippen molar-refractivity contribution in [3.63, 3.8) is 0 Å². The van der Waals surface area contributed by atoms with E-state index in [0.717, 1.165) is 35.5 Å². The molecule has 0 radical (unpaired) electrons. The summed E-state index contributed by atoms with van der Waals surface area (Å²) in [5.74, 6) is 0.722. The van der Waals surface area contributed by atoms with Crippen molar-refractivity contribution in [3.05, 3.63) is 64.7 Å². The van der Waals surface area contributed by atoms with Crippen LogP contribution in [0.15, 0.2) is 53.6 Å². The summed E-state index contributed by atoms with van der Waals surface area (Å²) in [7, 11) is 5.89. The highest BCUT2D eigenvalue weighted by Crippen LogP contribution is 2.31.